The summed E-state index contributed by atoms with van der Waals surface area (Å²) in [4.78, 5) is 29.2. The number of anilines is 3. The second-order valence-electron chi connectivity index (χ2n) is 8.29. The van der Waals surface area contributed by atoms with E-state index >= 15 is 0 Å². The average Bonchev–Trinajstić information content (AvgIpc) is 3.54. The number of para-hydroxylation sites is 1. The van der Waals surface area contributed by atoms with E-state index in [0.717, 1.165) is 12.8 Å². The summed E-state index contributed by atoms with van der Waals surface area (Å²) in [7, 11) is 17.9. The van der Waals surface area contributed by atoms with Crippen LogP contribution in [0.25, 0.3) is 11.4 Å². The van der Waals surface area contributed by atoms with Gasteiger partial charge in [-0.1, -0.05) is 16.5 Å². The number of nitrogens with one attached hydrogen (secondary N) is 3. The summed E-state index contributed by atoms with van der Waals surface area (Å²) in [5.74, 6) is -0.443. The number of carbonyl (C=O) groups is 2. The largest absolute Gasteiger partial charge is 0.494 e. The van der Waals surface area contributed by atoms with Gasteiger partial charge in [-0.25, -0.2) is 0 Å². The highest BCUT2D eigenvalue weighted by atomic mass is 16.5. The van der Waals surface area contributed by atoms with Crippen molar-refractivity contribution in [1.82, 2.24) is 25.7 Å². The van der Waals surface area contributed by atoms with Gasteiger partial charge in [0.05, 0.1) is 47.6 Å². The molecular formula is C21H20B3N7O5. The zero-order valence-electron chi connectivity index (χ0n) is 19.5. The van der Waals surface area contributed by atoms with Gasteiger partial charge in [0.15, 0.2) is 17.3 Å². The molecule has 2 heterocycles. The maximum absolute atomic E-state index is 12.8. The highest BCUT2D eigenvalue weighted by Gasteiger charge is 2.30. The van der Waals surface area contributed by atoms with Crippen LogP contribution in [0.15, 0.2) is 28.8 Å². The van der Waals surface area contributed by atoms with Crippen LogP contribution < -0.4 is 20.7 Å². The van der Waals surface area contributed by atoms with Crippen LogP contribution in [0.5, 0.6) is 5.75 Å². The SMILES string of the molecule is [B]C([B])([B])NC(=O)c1nnc(NC(=O)C2CC2)cc1Nc1cccc(-c2noc([C@H](C)O)n2)c1OC. The second kappa shape index (κ2) is 10.0. The van der Waals surface area contributed by atoms with Crippen LogP contribution in [0.4, 0.5) is 17.2 Å². The van der Waals surface area contributed by atoms with Gasteiger partial charge in [-0.2, -0.15) is 4.98 Å². The number of benzene rings is 1. The van der Waals surface area contributed by atoms with Crippen molar-refractivity contribution >= 4 is 52.5 Å². The molecule has 0 unspecified atom stereocenters. The monoisotopic (exact) mass is 483 g/mol. The summed E-state index contributed by atoms with van der Waals surface area (Å²) in [6, 6.07) is 6.47. The van der Waals surface area contributed by atoms with Crippen LogP contribution >= 0.6 is 0 Å². The lowest BCUT2D eigenvalue weighted by molar-refractivity contribution is -0.117. The molecule has 1 saturated carbocycles. The highest BCUT2D eigenvalue weighted by Crippen LogP contribution is 2.38. The fraction of sp³-hybridized carbons (Fsp3) is 0.333. The van der Waals surface area contributed by atoms with Crippen molar-refractivity contribution in [2.45, 2.75) is 31.1 Å². The molecule has 2 aromatic heterocycles. The summed E-state index contributed by atoms with van der Waals surface area (Å²) in [6.45, 7) is 1.49. The van der Waals surface area contributed by atoms with Crippen LogP contribution in [0.1, 0.15) is 42.2 Å². The summed E-state index contributed by atoms with van der Waals surface area (Å²) >= 11 is 0. The molecular weight excluding hydrogens is 463 g/mol. The van der Waals surface area contributed by atoms with Gasteiger partial charge in [0.1, 0.15) is 6.10 Å². The molecule has 1 aliphatic rings. The van der Waals surface area contributed by atoms with Gasteiger partial charge in [0, 0.05) is 12.0 Å². The molecule has 4 rings (SSSR count). The number of rotatable bonds is 9. The van der Waals surface area contributed by atoms with E-state index in [2.05, 4.69) is 36.3 Å². The van der Waals surface area contributed by atoms with Gasteiger partial charge in [0.25, 0.3) is 11.8 Å². The number of nitrogens with zero attached hydrogens (tertiary/aromatic N) is 4. The lowest BCUT2D eigenvalue weighted by Gasteiger charge is -2.23. The number of hydrogen-bond acceptors (Lipinski definition) is 10. The van der Waals surface area contributed by atoms with Crippen molar-refractivity contribution < 1.29 is 24.0 Å². The van der Waals surface area contributed by atoms with Crippen LogP contribution in [0, 0.1) is 5.92 Å². The van der Waals surface area contributed by atoms with Gasteiger partial charge in [-0.15, -0.1) is 10.2 Å². The summed E-state index contributed by atoms with van der Waals surface area (Å²) in [5, 5.41) is 27.4. The highest BCUT2D eigenvalue weighted by molar-refractivity contribution is 6.60. The van der Waals surface area contributed by atoms with Gasteiger partial charge in [-0.3, -0.25) is 9.59 Å². The number of hydrogen-bond donors (Lipinski definition) is 4. The molecule has 4 N–H and O–H groups in total. The Morgan fingerprint density at radius 1 is 1.22 bits per heavy atom. The second-order valence-corrected chi connectivity index (χ2v) is 8.29. The van der Waals surface area contributed by atoms with Crippen molar-refractivity contribution in [3.8, 4) is 17.1 Å². The molecule has 1 aromatic carbocycles. The zero-order chi connectivity index (χ0) is 26.0. The zero-order valence-corrected chi connectivity index (χ0v) is 19.5. The van der Waals surface area contributed by atoms with E-state index in [0.29, 0.717) is 17.0 Å². The van der Waals surface area contributed by atoms with Crippen molar-refractivity contribution in [3.05, 3.63) is 35.9 Å². The summed E-state index contributed by atoms with van der Waals surface area (Å²) in [5.41, 5.74) is 0.775. The summed E-state index contributed by atoms with van der Waals surface area (Å²) < 4.78 is 10.7. The normalized spacial score (nSPS) is 14.1. The summed E-state index contributed by atoms with van der Waals surface area (Å²) in [6.07, 6.45) is 0.646. The lowest BCUT2D eigenvalue weighted by Crippen LogP contribution is -2.50. The minimum Gasteiger partial charge on any atom is -0.494 e. The molecule has 1 fully saturated rings. The first-order valence-electron chi connectivity index (χ1n) is 10.9. The molecule has 2 amide bonds. The van der Waals surface area contributed by atoms with Crippen LogP contribution in [-0.4, -0.2) is 73.1 Å². The number of amides is 2. The Morgan fingerprint density at radius 3 is 2.58 bits per heavy atom. The number of methoxy groups -OCH3 is 1. The van der Waals surface area contributed by atoms with Crippen molar-refractivity contribution in [1.29, 1.82) is 0 Å². The van der Waals surface area contributed by atoms with E-state index in [1.807, 2.05) is 0 Å². The third-order valence-corrected chi connectivity index (χ3v) is 5.07. The standard InChI is InChI=1S/C21H20B3N7O5/c1-9(32)20-27-17(31-36-20)11-4-3-5-12(16(11)35-2)25-13-8-14(26-18(33)10-6-7-10)29-30-15(13)19(34)28-21(22,23)24/h3-5,8-10,32H,6-7H2,1-2H3,(H,28,34)(H2,25,26,29,33)/t9-/m0/s1. The number of ether oxygens (including phenoxy) is 1. The molecule has 6 radical (unpaired) electrons. The van der Waals surface area contributed by atoms with E-state index in [9.17, 15) is 14.7 Å². The smallest absolute Gasteiger partial charge is 0.272 e. The van der Waals surface area contributed by atoms with E-state index in [4.69, 9.17) is 32.8 Å². The Balaban J connectivity index is 1.72. The first-order chi connectivity index (χ1) is 17.1. The average molecular weight is 483 g/mol. The molecule has 1 atom stereocenters. The number of aromatic nitrogens is 4. The third kappa shape index (κ3) is 5.85. The van der Waals surface area contributed by atoms with Crippen LogP contribution in [0.3, 0.4) is 0 Å². The Kier molecular flexibility index (Phi) is 7.02. The number of aliphatic hydroxyl groups excluding tert-OH is 1. The van der Waals surface area contributed by atoms with Gasteiger partial charge >= 0.3 is 0 Å². The first-order valence-corrected chi connectivity index (χ1v) is 10.9. The lowest BCUT2D eigenvalue weighted by atomic mass is 9.49. The Bertz CT molecular complexity index is 1290. The van der Waals surface area contributed by atoms with Gasteiger partial charge in [-0.05, 0) is 31.9 Å². The molecule has 0 spiro atoms. The molecule has 3 aromatic rings. The first kappa shape index (κ1) is 25.2. The van der Waals surface area contributed by atoms with Crippen LogP contribution in [-0.2, 0) is 4.79 Å². The molecule has 178 valence electrons. The van der Waals surface area contributed by atoms with Crippen molar-refractivity contribution in [3.63, 3.8) is 0 Å². The van der Waals surface area contributed by atoms with Crippen molar-refractivity contribution in [2.24, 2.45) is 5.92 Å². The fourth-order valence-corrected chi connectivity index (χ4v) is 3.24. The minimum absolute atomic E-state index is 0.0348. The van der Waals surface area contributed by atoms with Gasteiger partial charge < -0.3 is 30.3 Å². The van der Waals surface area contributed by atoms with Crippen LogP contribution in [0.2, 0.25) is 0 Å². The number of aliphatic hydroxyl groups is 1. The maximum Gasteiger partial charge on any atom is 0.272 e. The molecule has 1 aliphatic carbocycles. The molecule has 0 saturated heterocycles. The Morgan fingerprint density at radius 2 is 1.97 bits per heavy atom. The quantitative estimate of drug-likeness (QED) is 0.316. The molecule has 0 bridgehead atoms. The topological polar surface area (TPSA) is 164 Å². The number of carbonyl (C=O) groups excluding carboxylic acids is 2. The van der Waals surface area contributed by atoms with E-state index in [1.165, 1.54) is 20.1 Å². The van der Waals surface area contributed by atoms with E-state index < -0.39 is 17.2 Å². The molecule has 12 nitrogen and oxygen atoms in total. The predicted octanol–water partition coefficient (Wildman–Crippen LogP) is 0.527. The Labute approximate surface area is 210 Å². The maximum atomic E-state index is 12.8. The Hall–Kier alpha value is -3.87. The van der Waals surface area contributed by atoms with E-state index in [-0.39, 0.29) is 40.7 Å². The van der Waals surface area contributed by atoms with E-state index in [1.54, 1.807) is 18.2 Å². The van der Waals surface area contributed by atoms with Crippen molar-refractivity contribution in [2.75, 3.05) is 17.7 Å². The fourth-order valence-electron chi connectivity index (χ4n) is 3.24. The molecule has 0 aliphatic heterocycles. The third-order valence-electron chi connectivity index (χ3n) is 5.07. The molecule has 15 heteroatoms. The molecule has 36 heavy (non-hydrogen) atoms. The van der Waals surface area contributed by atoms with Gasteiger partial charge in [0.2, 0.25) is 11.7 Å². The minimum atomic E-state index is -2.01. The predicted molar refractivity (Wildman–Crippen MR) is 131 cm³/mol.